The van der Waals surface area contributed by atoms with Crippen LogP contribution in [-0.4, -0.2) is 36.4 Å². The van der Waals surface area contributed by atoms with Gasteiger partial charge in [-0.2, -0.15) is 0 Å². The standard InChI is InChI=1S/C12H20N4O4/c1-5-19-9(17)12(6-8(12)7-14-16-13)15-10(18)20-11(2,3)4/h8H,5-7H2,1-4H3,(H,15,18)/t8-,12+/m0/s1. The van der Waals surface area contributed by atoms with E-state index >= 15 is 0 Å². The van der Waals surface area contributed by atoms with Crippen molar-refractivity contribution in [1.82, 2.24) is 5.32 Å². The van der Waals surface area contributed by atoms with Gasteiger partial charge in [0.05, 0.1) is 6.61 Å². The Balaban J connectivity index is 2.73. The number of hydrogen-bond donors (Lipinski definition) is 1. The Hall–Kier alpha value is -1.95. The third-order valence-electron chi connectivity index (χ3n) is 2.83. The summed E-state index contributed by atoms with van der Waals surface area (Å²) in [4.78, 5) is 26.4. The zero-order chi connectivity index (χ0) is 15.4. The van der Waals surface area contributed by atoms with Crippen LogP contribution in [-0.2, 0) is 14.3 Å². The molecule has 0 heterocycles. The number of amides is 1. The number of ether oxygens (including phenoxy) is 2. The number of esters is 1. The largest absolute Gasteiger partial charge is 0.464 e. The lowest BCUT2D eigenvalue weighted by atomic mass is 10.2. The SMILES string of the molecule is CCOC(=O)[C@@]1(NC(=O)OC(C)(C)C)C[C@H]1CN=[N+]=[N-]. The third-order valence-corrected chi connectivity index (χ3v) is 2.83. The Morgan fingerprint density at radius 3 is 2.65 bits per heavy atom. The summed E-state index contributed by atoms with van der Waals surface area (Å²) >= 11 is 0. The van der Waals surface area contributed by atoms with Gasteiger partial charge in [-0.05, 0) is 39.6 Å². The molecule has 20 heavy (non-hydrogen) atoms. The Kier molecular flexibility index (Phi) is 4.83. The molecule has 8 heteroatoms. The van der Waals surface area contributed by atoms with E-state index in [1.54, 1.807) is 27.7 Å². The molecule has 1 N–H and O–H groups in total. The van der Waals surface area contributed by atoms with Gasteiger partial charge in [0.25, 0.3) is 0 Å². The van der Waals surface area contributed by atoms with Gasteiger partial charge < -0.3 is 14.8 Å². The normalized spacial score (nSPS) is 24.3. The van der Waals surface area contributed by atoms with E-state index in [0.717, 1.165) is 0 Å². The van der Waals surface area contributed by atoms with Crippen LogP contribution in [0.2, 0.25) is 0 Å². The van der Waals surface area contributed by atoms with Crippen molar-refractivity contribution in [2.75, 3.05) is 13.2 Å². The van der Waals surface area contributed by atoms with Crippen molar-refractivity contribution in [3.05, 3.63) is 10.4 Å². The molecule has 1 saturated carbocycles. The molecule has 1 amide bonds. The molecule has 0 radical (unpaired) electrons. The van der Waals surface area contributed by atoms with Crippen molar-refractivity contribution in [2.24, 2.45) is 11.0 Å². The first-order valence-electron chi connectivity index (χ1n) is 6.44. The van der Waals surface area contributed by atoms with E-state index in [4.69, 9.17) is 15.0 Å². The quantitative estimate of drug-likeness (QED) is 0.360. The number of nitrogens with one attached hydrogen (secondary N) is 1. The fourth-order valence-electron chi connectivity index (χ4n) is 1.88. The molecule has 2 atom stereocenters. The maximum Gasteiger partial charge on any atom is 0.408 e. The number of alkyl carbamates (subject to hydrolysis) is 1. The van der Waals surface area contributed by atoms with Crippen LogP contribution in [0.1, 0.15) is 34.1 Å². The summed E-state index contributed by atoms with van der Waals surface area (Å²) in [6.45, 7) is 7.22. The molecule has 1 rings (SSSR count). The molecular weight excluding hydrogens is 264 g/mol. The molecule has 1 aliphatic carbocycles. The average molecular weight is 284 g/mol. The lowest BCUT2D eigenvalue weighted by Gasteiger charge is -2.23. The van der Waals surface area contributed by atoms with E-state index in [9.17, 15) is 9.59 Å². The van der Waals surface area contributed by atoms with Gasteiger partial charge in [-0.25, -0.2) is 9.59 Å². The summed E-state index contributed by atoms with van der Waals surface area (Å²) in [6.07, 6.45) is -0.307. The molecule has 0 bridgehead atoms. The number of carbonyl (C=O) groups is 2. The van der Waals surface area contributed by atoms with Gasteiger partial charge in [0, 0.05) is 17.4 Å². The van der Waals surface area contributed by atoms with Gasteiger partial charge in [-0.15, -0.1) is 0 Å². The second-order valence-electron chi connectivity index (χ2n) is 5.63. The minimum atomic E-state index is -1.13. The first-order chi connectivity index (χ1) is 9.25. The zero-order valence-electron chi connectivity index (χ0n) is 12.2. The van der Waals surface area contributed by atoms with E-state index in [-0.39, 0.29) is 19.1 Å². The molecule has 1 aliphatic rings. The molecule has 0 unspecified atom stereocenters. The number of rotatable bonds is 5. The lowest BCUT2D eigenvalue weighted by Crippen LogP contribution is -2.48. The van der Waals surface area contributed by atoms with E-state index in [2.05, 4.69) is 15.3 Å². The van der Waals surface area contributed by atoms with Crippen LogP contribution < -0.4 is 5.32 Å². The Labute approximate surface area is 117 Å². The maximum absolute atomic E-state index is 12.0. The summed E-state index contributed by atoms with van der Waals surface area (Å²) in [5.74, 6) is -0.783. The molecule has 0 aromatic carbocycles. The Morgan fingerprint density at radius 2 is 2.15 bits per heavy atom. The van der Waals surface area contributed by atoms with E-state index in [1.165, 1.54) is 0 Å². The Bertz CT molecular complexity index is 439. The topological polar surface area (TPSA) is 113 Å². The second-order valence-corrected chi connectivity index (χ2v) is 5.63. The van der Waals surface area contributed by atoms with Gasteiger partial charge in [0.1, 0.15) is 11.1 Å². The number of hydrogen-bond acceptors (Lipinski definition) is 5. The molecule has 0 spiro atoms. The van der Waals surface area contributed by atoms with Crippen LogP contribution in [0.25, 0.3) is 10.4 Å². The predicted molar refractivity (Wildman–Crippen MR) is 70.9 cm³/mol. The van der Waals surface area contributed by atoms with Crippen molar-refractivity contribution >= 4 is 12.1 Å². The molecule has 8 nitrogen and oxygen atoms in total. The molecule has 112 valence electrons. The number of azide groups is 1. The third kappa shape index (κ3) is 4.03. The second kappa shape index (κ2) is 6.00. The summed E-state index contributed by atoms with van der Waals surface area (Å²) in [5, 5.41) is 5.98. The molecule has 1 fully saturated rings. The van der Waals surface area contributed by atoms with Crippen molar-refractivity contribution in [3.63, 3.8) is 0 Å². The van der Waals surface area contributed by atoms with Gasteiger partial charge in [0.2, 0.25) is 0 Å². The summed E-state index contributed by atoms with van der Waals surface area (Å²) in [5.41, 5.74) is 6.53. The summed E-state index contributed by atoms with van der Waals surface area (Å²) < 4.78 is 10.1. The highest BCUT2D eigenvalue weighted by atomic mass is 16.6. The minimum absolute atomic E-state index is 0.130. The number of carbonyl (C=O) groups excluding carboxylic acids is 2. The maximum atomic E-state index is 12.0. The van der Waals surface area contributed by atoms with Crippen LogP contribution >= 0.6 is 0 Å². The van der Waals surface area contributed by atoms with Gasteiger partial charge >= 0.3 is 12.1 Å². The van der Waals surface area contributed by atoms with Crippen LogP contribution in [0, 0.1) is 5.92 Å². The highest BCUT2D eigenvalue weighted by Gasteiger charge is 2.62. The predicted octanol–water partition coefficient (Wildman–Crippen LogP) is 2.14. The fraction of sp³-hybridized carbons (Fsp3) is 0.833. The highest BCUT2D eigenvalue weighted by Crippen LogP contribution is 2.45. The lowest BCUT2D eigenvalue weighted by molar-refractivity contribution is -0.147. The monoisotopic (exact) mass is 284 g/mol. The van der Waals surface area contributed by atoms with E-state index in [0.29, 0.717) is 6.42 Å². The molecular formula is C12H20N4O4. The number of nitrogens with zero attached hydrogens (tertiary/aromatic N) is 3. The molecule has 0 saturated heterocycles. The van der Waals surface area contributed by atoms with Crippen LogP contribution in [0.4, 0.5) is 4.79 Å². The Morgan fingerprint density at radius 1 is 1.50 bits per heavy atom. The van der Waals surface area contributed by atoms with Crippen LogP contribution in [0.15, 0.2) is 5.11 Å². The van der Waals surface area contributed by atoms with Crippen molar-refractivity contribution in [1.29, 1.82) is 0 Å². The van der Waals surface area contributed by atoms with E-state index in [1.807, 2.05) is 0 Å². The molecule has 0 aromatic rings. The first kappa shape index (κ1) is 16.1. The average Bonchev–Trinajstić information content (AvgIpc) is 2.98. The highest BCUT2D eigenvalue weighted by molar-refractivity contribution is 5.89. The first-order valence-corrected chi connectivity index (χ1v) is 6.44. The minimum Gasteiger partial charge on any atom is -0.464 e. The van der Waals surface area contributed by atoms with Crippen LogP contribution in [0.5, 0.6) is 0 Å². The molecule has 0 aromatic heterocycles. The van der Waals surface area contributed by atoms with Crippen molar-refractivity contribution < 1.29 is 19.1 Å². The smallest absolute Gasteiger partial charge is 0.408 e. The van der Waals surface area contributed by atoms with Gasteiger partial charge in [0.15, 0.2) is 0 Å². The van der Waals surface area contributed by atoms with Crippen molar-refractivity contribution in [3.8, 4) is 0 Å². The molecule has 0 aliphatic heterocycles. The fourth-order valence-corrected chi connectivity index (χ4v) is 1.88. The van der Waals surface area contributed by atoms with E-state index < -0.39 is 23.2 Å². The van der Waals surface area contributed by atoms with Gasteiger partial charge in [-0.1, -0.05) is 5.11 Å². The van der Waals surface area contributed by atoms with Gasteiger partial charge in [-0.3, -0.25) is 0 Å². The zero-order valence-corrected chi connectivity index (χ0v) is 12.2. The summed E-state index contributed by atoms with van der Waals surface area (Å²) in [6, 6.07) is 0. The van der Waals surface area contributed by atoms with Crippen LogP contribution in [0.3, 0.4) is 0 Å². The summed E-state index contributed by atoms with van der Waals surface area (Å²) in [7, 11) is 0. The van der Waals surface area contributed by atoms with Crippen molar-refractivity contribution in [2.45, 2.75) is 45.3 Å².